The summed E-state index contributed by atoms with van der Waals surface area (Å²) in [6.07, 6.45) is -3.68. The van der Waals surface area contributed by atoms with E-state index in [9.17, 15) is 22.8 Å². The van der Waals surface area contributed by atoms with Gasteiger partial charge < -0.3 is 23.7 Å². The summed E-state index contributed by atoms with van der Waals surface area (Å²) in [7, 11) is -3.26. The maximum Gasteiger partial charge on any atom is 0.511 e. The number of ether oxygens (including phenoxy) is 5. The van der Waals surface area contributed by atoms with Crippen molar-refractivity contribution >= 4 is 28.1 Å². The molecule has 2 heterocycles. The van der Waals surface area contributed by atoms with Gasteiger partial charge in [-0.1, -0.05) is 17.7 Å². The predicted molar refractivity (Wildman–Crippen MR) is 135 cm³/mol. The number of fused-ring (bicyclic) bond motifs is 1. The number of carbonyl (C=O) groups is 3. The van der Waals surface area contributed by atoms with Crippen LogP contribution in [0.5, 0.6) is 0 Å². The Morgan fingerprint density at radius 3 is 2.11 bits per heavy atom. The Bertz CT molecular complexity index is 1170. The van der Waals surface area contributed by atoms with Crippen LogP contribution in [0.25, 0.3) is 0 Å². The Hall–Kier alpha value is -2.86. The molecule has 12 heteroatoms. The van der Waals surface area contributed by atoms with Gasteiger partial charge in [-0.3, -0.25) is 4.90 Å². The van der Waals surface area contributed by atoms with Crippen molar-refractivity contribution in [2.75, 3.05) is 20.3 Å². The summed E-state index contributed by atoms with van der Waals surface area (Å²) in [5.74, 6) is -1.87. The molecule has 2 saturated heterocycles. The third-order valence-corrected chi connectivity index (χ3v) is 8.87. The molecule has 2 fully saturated rings. The zero-order valence-electron chi connectivity index (χ0n) is 23.1. The molecule has 0 aliphatic carbocycles. The second-order valence-corrected chi connectivity index (χ2v) is 13.8. The van der Waals surface area contributed by atoms with E-state index in [4.69, 9.17) is 23.7 Å². The number of hydrogen-bond donors (Lipinski definition) is 0. The van der Waals surface area contributed by atoms with Gasteiger partial charge in [-0.05, 0) is 67.0 Å². The van der Waals surface area contributed by atoms with Crippen molar-refractivity contribution in [3.05, 3.63) is 29.8 Å². The fourth-order valence-electron chi connectivity index (χ4n) is 4.81. The fourth-order valence-corrected chi connectivity index (χ4v) is 7.07. The first-order chi connectivity index (χ1) is 17.4. The van der Waals surface area contributed by atoms with Crippen molar-refractivity contribution < 1.29 is 46.5 Å². The Kier molecular flexibility index (Phi) is 8.10. The fraction of sp³-hybridized carbons (Fsp3) is 0.654. The Morgan fingerprint density at radius 1 is 1.00 bits per heavy atom. The van der Waals surface area contributed by atoms with E-state index in [2.05, 4.69) is 0 Å². The van der Waals surface area contributed by atoms with Crippen LogP contribution in [0.1, 0.15) is 53.5 Å². The molecule has 0 saturated carbocycles. The van der Waals surface area contributed by atoms with Crippen LogP contribution < -0.4 is 0 Å². The van der Waals surface area contributed by atoms with Crippen LogP contribution in [0.3, 0.4) is 0 Å². The topological polar surface area (TPSA) is 135 Å². The largest absolute Gasteiger partial charge is 0.511 e. The number of nitrogens with zero attached hydrogens (tertiary/aromatic N) is 1. The standard InChI is InChI=1S/C26H37NO10S/c1-16-9-11-17(12-10-16)38(31,32)26-15-27(22(29)36-24(2,3)4)19(20(28)33-8)18(26)13-14-34-21(26)35-23(30)37-25(5,6)7/h9-12,18-19,21H,13-15H2,1-8H3/t18-,19+,21?,26+/m1/s1. The minimum Gasteiger partial charge on any atom is -0.467 e. The Morgan fingerprint density at radius 2 is 1.58 bits per heavy atom. The van der Waals surface area contributed by atoms with E-state index >= 15 is 0 Å². The lowest BCUT2D eigenvalue weighted by atomic mass is 9.84. The number of sulfone groups is 1. The van der Waals surface area contributed by atoms with Gasteiger partial charge in [0.15, 0.2) is 14.6 Å². The number of likely N-dealkylation sites (tertiary alicyclic amines) is 1. The summed E-state index contributed by atoms with van der Waals surface area (Å²) in [4.78, 5) is 40.1. The van der Waals surface area contributed by atoms with Crippen molar-refractivity contribution in [2.45, 2.75) is 88.1 Å². The molecule has 0 bridgehead atoms. The summed E-state index contributed by atoms with van der Waals surface area (Å²) < 4.78 is 53.9. The van der Waals surface area contributed by atoms with E-state index in [-0.39, 0.29) is 17.9 Å². The SMILES string of the molecule is COC(=O)[C@@H]1[C@H]2CCOC(OC(=O)OC(C)(C)C)[C@]2(S(=O)(=O)c2ccc(C)cc2)CN1C(=O)OC(C)(C)C. The number of aryl methyl sites for hydroxylation is 1. The lowest BCUT2D eigenvalue weighted by Gasteiger charge is -2.43. The van der Waals surface area contributed by atoms with Crippen molar-refractivity contribution in [3.63, 3.8) is 0 Å². The van der Waals surface area contributed by atoms with Crippen LogP contribution in [0.2, 0.25) is 0 Å². The van der Waals surface area contributed by atoms with Gasteiger partial charge in [-0.25, -0.2) is 22.8 Å². The molecular formula is C26H37NO10S. The molecule has 4 atom stereocenters. The molecular weight excluding hydrogens is 518 g/mol. The summed E-state index contributed by atoms with van der Waals surface area (Å²) in [5, 5.41) is 0. The van der Waals surface area contributed by atoms with Gasteiger partial charge in [0.1, 0.15) is 17.2 Å². The summed E-state index contributed by atoms with van der Waals surface area (Å²) in [5.41, 5.74) is -1.04. The van der Waals surface area contributed by atoms with E-state index in [0.29, 0.717) is 0 Å². The van der Waals surface area contributed by atoms with E-state index in [1.165, 1.54) is 12.1 Å². The summed E-state index contributed by atoms with van der Waals surface area (Å²) >= 11 is 0. The highest BCUT2D eigenvalue weighted by Gasteiger charge is 2.70. The predicted octanol–water partition coefficient (Wildman–Crippen LogP) is 3.61. The van der Waals surface area contributed by atoms with Gasteiger partial charge in [0.2, 0.25) is 6.29 Å². The number of esters is 1. The number of benzene rings is 1. The van der Waals surface area contributed by atoms with E-state index in [1.807, 2.05) is 6.92 Å². The second kappa shape index (κ2) is 10.4. The lowest BCUT2D eigenvalue weighted by Crippen LogP contribution is -2.61. The Balaban J connectivity index is 2.21. The summed E-state index contributed by atoms with van der Waals surface area (Å²) in [6.45, 7) is 11.1. The molecule has 1 aromatic carbocycles. The molecule has 11 nitrogen and oxygen atoms in total. The third kappa shape index (κ3) is 5.75. The molecule has 0 aromatic heterocycles. The first kappa shape index (κ1) is 29.7. The highest BCUT2D eigenvalue weighted by atomic mass is 32.2. The zero-order valence-corrected chi connectivity index (χ0v) is 23.9. The quantitative estimate of drug-likeness (QED) is 0.400. The second-order valence-electron chi connectivity index (χ2n) is 11.5. The smallest absolute Gasteiger partial charge is 0.467 e. The zero-order chi connectivity index (χ0) is 28.7. The lowest BCUT2D eigenvalue weighted by molar-refractivity contribution is -0.178. The molecule has 0 radical (unpaired) electrons. The minimum atomic E-state index is -4.42. The number of rotatable bonds is 4. The average molecular weight is 556 g/mol. The van der Waals surface area contributed by atoms with Gasteiger partial charge in [0, 0.05) is 5.92 Å². The van der Waals surface area contributed by atoms with Gasteiger partial charge in [-0.2, -0.15) is 0 Å². The maximum absolute atomic E-state index is 14.4. The summed E-state index contributed by atoms with van der Waals surface area (Å²) in [6, 6.07) is 4.79. The van der Waals surface area contributed by atoms with Gasteiger partial charge >= 0.3 is 18.2 Å². The molecule has 1 aromatic rings. The number of carbonyl (C=O) groups excluding carboxylic acids is 3. The first-order valence-electron chi connectivity index (χ1n) is 12.3. The van der Waals surface area contributed by atoms with Gasteiger partial charge in [-0.15, -0.1) is 0 Å². The molecule has 3 rings (SSSR count). The van der Waals surface area contributed by atoms with Gasteiger partial charge in [0.05, 0.1) is 25.2 Å². The van der Waals surface area contributed by atoms with Crippen molar-refractivity contribution in [3.8, 4) is 0 Å². The molecule has 212 valence electrons. The third-order valence-electron chi connectivity index (χ3n) is 6.35. The highest BCUT2D eigenvalue weighted by Crippen LogP contribution is 2.50. The molecule has 38 heavy (non-hydrogen) atoms. The van der Waals surface area contributed by atoms with Crippen LogP contribution in [0.15, 0.2) is 29.2 Å². The van der Waals surface area contributed by atoms with E-state index < -0.39 is 68.8 Å². The first-order valence-corrected chi connectivity index (χ1v) is 13.8. The monoisotopic (exact) mass is 555 g/mol. The number of hydrogen-bond acceptors (Lipinski definition) is 10. The Labute approximate surface area is 223 Å². The molecule has 2 aliphatic heterocycles. The highest BCUT2D eigenvalue weighted by molar-refractivity contribution is 7.93. The van der Waals surface area contributed by atoms with E-state index in [1.54, 1.807) is 53.7 Å². The molecule has 2 aliphatic rings. The van der Waals surface area contributed by atoms with Crippen molar-refractivity contribution in [2.24, 2.45) is 5.92 Å². The van der Waals surface area contributed by atoms with E-state index in [0.717, 1.165) is 17.6 Å². The van der Waals surface area contributed by atoms with Crippen LogP contribution in [0.4, 0.5) is 9.59 Å². The van der Waals surface area contributed by atoms with Crippen molar-refractivity contribution in [1.29, 1.82) is 0 Å². The van der Waals surface area contributed by atoms with Crippen LogP contribution in [-0.2, 0) is 38.3 Å². The molecule has 0 spiro atoms. The van der Waals surface area contributed by atoms with Crippen molar-refractivity contribution in [1.82, 2.24) is 4.90 Å². The van der Waals surface area contributed by atoms with Crippen LogP contribution in [0, 0.1) is 12.8 Å². The molecule has 1 unspecified atom stereocenters. The average Bonchev–Trinajstić information content (AvgIpc) is 3.15. The van der Waals surface area contributed by atoms with Crippen LogP contribution in [-0.4, -0.2) is 80.1 Å². The van der Waals surface area contributed by atoms with Gasteiger partial charge in [0.25, 0.3) is 0 Å². The number of amides is 1. The normalized spacial score (nSPS) is 25.8. The molecule has 0 N–H and O–H groups in total. The minimum absolute atomic E-state index is 0.0427. The number of methoxy groups -OCH3 is 1. The molecule has 1 amide bonds. The maximum atomic E-state index is 14.4. The van der Waals surface area contributed by atoms with Crippen LogP contribution >= 0.6 is 0 Å².